The van der Waals surface area contributed by atoms with Crippen LogP contribution in [0.5, 0.6) is 0 Å². The number of carbonyl (C=O) groups is 1. The lowest BCUT2D eigenvalue weighted by molar-refractivity contribution is -0.113. The second kappa shape index (κ2) is 9.69. The molecule has 0 aliphatic rings. The van der Waals surface area contributed by atoms with Crippen LogP contribution >= 0.6 is 11.8 Å². The minimum atomic E-state index is -0.726. The molecule has 0 fully saturated rings. The number of carbonyl (C=O) groups excluding carboxylic acids is 1. The number of thioether (sulfide) groups is 1. The van der Waals surface area contributed by atoms with Crippen molar-refractivity contribution in [3.05, 3.63) is 95.8 Å². The Balaban J connectivity index is 1.55. The van der Waals surface area contributed by atoms with Crippen molar-refractivity contribution >= 4 is 23.4 Å². The number of hydrogen-bond donors (Lipinski definition) is 1. The van der Waals surface area contributed by atoms with Gasteiger partial charge < -0.3 is 5.32 Å². The van der Waals surface area contributed by atoms with Crippen LogP contribution in [0.1, 0.15) is 5.56 Å². The predicted octanol–water partition coefficient (Wildman–Crippen LogP) is 5.14. The average molecular weight is 454 g/mol. The molecule has 0 radical (unpaired) electrons. The van der Waals surface area contributed by atoms with Gasteiger partial charge in [-0.05, 0) is 42.0 Å². The van der Waals surface area contributed by atoms with Crippen molar-refractivity contribution < 1.29 is 18.0 Å². The summed E-state index contributed by atoms with van der Waals surface area (Å²) in [7, 11) is 0. The first-order valence-corrected chi connectivity index (χ1v) is 10.6. The fourth-order valence-corrected chi connectivity index (χ4v) is 3.76. The zero-order chi connectivity index (χ0) is 22.5. The summed E-state index contributed by atoms with van der Waals surface area (Å²) in [5.74, 6) is -1.83. The molecule has 1 aromatic heterocycles. The quantitative estimate of drug-likeness (QED) is 0.393. The summed E-state index contributed by atoms with van der Waals surface area (Å²) in [5, 5.41) is 11.2. The van der Waals surface area contributed by atoms with E-state index in [0.717, 1.165) is 35.5 Å². The fourth-order valence-electron chi connectivity index (χ4n) is 3.03. The van der Waals surface area contributed by atoms with Crippen LogP contribution in [0.25, 0.3) is 11.4 Å². The summed E-state index contributed by atoms with van der Waals surface area (Å²) in [5.41, 5.74) is 1.44. The topological polar surface area (TPSA) is 59.8 Å². The number of aromatic nitrogens is 3. The molecule has 5 nitrogen and oxygen atoms in total. The minimum Gasteiger partial charge on any atom is -0.323 e. The summed E-state index contributed by atoms with van der Waals surface area (Å²) >= 11 is 1.11. The Bertz CT molecular complexity index is 1230. The van der Waals surface area contributed by atoms with Crippen molar-refractivity contribution in [1.29, 1.82) is 0 Å². The summed E-state index contributed by atoms with van der Waals surface area (Å²) in [6.07, 6.45) is 0. The first kappa shape index (κ1) is 21.6. The molecule has 0 atom stereocenters. The number of nitrogens with zero attached hydrogens (tertiary/aromatic N) is 3. The Morgan fingerprint density at radius 1 is 0.906 bits per heavy atom. The summed E-state index contributed by atoms with van der Waals surface area (Å²) in [6, 6.07) is 18.3. The monoisotopic (exact) mass is 454 g/mol. The lowest BCUT2D eigenvalue weighted by Crippen LogP contribution is -2.16. The van der Waals surface area contributed by atoms with E-state index in [0.29, 0.717) is 23.1 Å². The molecule has 162 valence electrons. The van der Waals surface area contributed by atoms with Crippen molar-refractivity contribution in [2.75, 3.05) is 11.1 Å². The second-order valence-corrected chi connectivity index (χ2v) is 7.79. The van der Waals surface area contributed by atoms with Gasteiger partial charge in [0.05, 0.1) is 18.0 Å². The number of halogens is 3. The van der Waals surface area contributed by atoms with Gasteiger partial charge in [-0.2, -0.15) is 0 Å². The van der Waals surface area contributed by atoms with Gasteiger partial charge >= 0.3 is 0 Å². The van der Waals surface area contributed by atoms with Gasteiger partial charge in [-0.3, -0.25) is 9.36 Å². The second-order valence-electron chi connectivity index (χ2n) is 6.85. The van der Waals surface area contributed by atoms with Gasteiger partial charge in [0.1, 0.15) is 17.5 Å². The molecular formula is C23H17F3N4OS. The summed E-state index contributed by atoms with van der Waals surface area (Å²) in [4.78, 5) is 12.3. The van der Waals surface area contributed by atoms with Crippen molar-refractivity contribution in [1.82, 2.24) is 14.8 Å². The van der Waals surface area contributed by atoms with Crippen molar-refractivity contribution in [2.24, 2.45) is 0 Å². The van der Waals surface area contributed by atoms with Gasteiger partial charge in [-0.1, -0.05) is 42.1 Å². The molecule has 0 saturated carbocycles. The normalized spacial score (nSPS) is 10.8. The highest BCUT2D eigenvalue weighted by molar-refractivity contribution is 7.99. The van der Waals surface area contributed by atoms with Gasteiger partial charge in [0.25, 0.3) is 0 Å². The van der Waals surface area contributed by atoms with Crippen molar-refractivity contribution in [3.8, 4) is 11.4 Å². The first-order valence-electron chi connectivity index (χ1n) is 9.60. The maximum atomic E-state index is 13.8. The highest BCUT2D eigenvalue weighted by Crippen LogP contribution is 2.26. The van der Waals surface area contributed by atoms with E-state index >= 15 is 0 Å². The van der Waals surface area contributed by atoms with E-state index in [2.05, 4.69) is 15.5 Å². The Labute approximate surface area is 186 Å². The van der Waals surface area contributed by atoms with Crippen LogP contribution in [0.15, 0.2) is 78.0 Å². The standard InChI is InChI=1S/C23H17F3N4OS/c24-17-8-6-16(7-9-17)22-28-29-23(30(22)13-15-4-2-1-3-5-15)32-14-21(31)27-20-12-18(25)10-11-19(20)26/h1-12H,13-14H2,(H,27,31). The van der Waals surface area contributed by atoms with E-state index in [1.807, 2.05) is 34.9 Å². The van der Waals surface area contributed by atoms with E-state index in [9.17, 15) is 18.0 Å². The molecule has 0 unspecified atom stereocenters. The van der Waals surface area contributed by atoms with E-state index in [1.165, 1.54) is 12.1 Å². The van der Waals surface area contributed by atoms with Crippen molar-refractivity contribution in [3.63, 3.8) is 0 Å². The number of rotatable bonds is 7. The Kier molecular flexibility index (Phi) is 6.55. The van der Waals surface area contributed by atoms with Crippen LogP contribution in [0, 0.1) is 17.5 Å². The number of nitrogens with one attached hydrogen (secondary N) is 1. The molecular weight excluding hydrogens is 437 g/mol. The van der Waals surface area contributed by atoms with Crippen LogP contribution in [0.3, 0.4) is 0 Å². The molecule has 0 aliphatic carbocycles. The van der Waals surface area contributed by atoms with E-state index < -0.39 is 17.5 Å². The maximum Gasteiger partial charge on any atom is 0.234 e. The van der Waals surface area contributed by atoms with E-state index in [4.69, 9.17) is 0 Å². The average Bonchev–Trinajstić information content (AvgIpc) is 3.18. The summed E-state index contributed by atoms with van der Waals surface area (Å²) < 4.78 is 42.3. The molecule has 0 saturated heterocycles. The first-order chi connectivity index (χ1) is 15.5. The van der Waals surface area contributed by atoms with E-state index in [1.54, 1.807) is 12.1 Å². The van der Waals surface area contributed by atoms with E-state index in [-0.39, 0.29) is 17.3 Å². The molecule has 9 heteroatoms. The molecule has 32 heavy (non-hydrogen) atoms. The molecule has 1 amide bonds. The van der Waals surface area contributed by atoms with Gasteiger partial charge in [0, 0.05) is 11.6 Å². The van der Waals surface area contributed by atoms with Crippen LogP contribution in [-0.2, 0) is 11.3 Å². The number of anilines is 1. The third-order valence-electron chi connectivity index (χ3n) is 4.54. The lowest BCUT2D eigenvalue weighted by Gasteiger charge is -2.11. The molecule has 0 bridgehead atoms. The Morgan fingerprint density at radius 2 is 1.62 bits per heavy atom. The Hall–Kier alpha value is -3.59. The molecule has 1 N–H and O–H groups in total. The minimum absolute atomic E-state index is 0.0910. The van der Waals surface area contributed by atoms with Crippen LogP contribution in [0.4, 0.5) is 18.9 Å². The summed E-state index contributed by atoms with van der Waals surface area (Å²) in [6.45, 7) is 0.434. The molecule has 0 aliphatic heterocycles. The largest absolute Gasteiger partial charge is 0.323 e. The predicted molar refractivity (Wildman–Crippen MR) is 117 cm³/mol. The molecule has 1 heterocycles. The van der Waals surface area contributed by atoms with Gasteiger partial charge in [-0.25, -0.2) is 13.2 Å². The maximum absolute atomic E-state index is 13.8. The van der Waals surface area contributed by atoms with Crippen molar-refractivity contribution in [2.45, 2.75) is 11.7 Å². The SMILES string of the molecule is O=C(CSc1nnc(-c2ccc(F)cc2)n1Cc1ccccc1)Nc1cc(F)ccc1F. The molecule has 0 spiro atoms. The lowest BCUT2D eigenvalue weighted by atomic mass is 10.2. The van der Waals surface area contributed by atoms with Gasteiger partial charge in [0.15, 0.2) is 11.0 Å². The van der Waals surface area contributed by atoms with Crippen LogP contribution in [-0.4, -0.2) is 26.4 Å². The number of amides is 1. The van der Waals surface area contributed by atoms with Gasteiger partial charge in [0.2, 0.25) is 5.91 Å². The highest BCUT2D eigenvalue weighted by Gasteiger charge is 2.17. The molecule has 3 aromatic carbocycles. The highest BCUT2D eigenvalue weighted by atomic mass is 32.2. The zero-order valence-electron chi connectivity index (χ0n) is 16.6. The van der Waals surface area contributed by atoms with Crippen LogP contribution in [0.2, 0.25) is 0 Å². The third-order valence-corrected chi connectivity index (χ3v) is 5.50. The number of hydrogen-bond acceptors (Lipinski definition) is 4. The van der Waals surface area contributed by atoms with Crippen LogP contribution < -0.4 is 5.32 Å². The molecule has 4 rings (SSSR count). The third kappa shape index (κ3) is 5.17. The fraction of sp³-hybridized carbons (Fsp3) is 0.0870. The number of benzene rings is 3. The smallest absolute Gasteiger partial charge is 0.234 e. The molecule has 4 aromatic rings. The van der Waals surface area contributed by atoms with Gasteiger partial charge in [-0.15, -0.1) is 10.2 Å². The zero-order valence-corrected chi connectivity index (χ0v) is 17.5. The Morgan fingerprint density at radius 3 is 2.38 bits per heavy atom.